The quantitative estimate of drug-likeness (QED) is 0.713. The Labute approximate surface area is 167 Å². The van der Waals surface area contributed by atoms with Crippen molar-refractivity contribution < 1.29 is 14.0 Å². The summed E-state index contributed by atoms with van der Waals surface area (Å²) in [4.78, 5) is 31.1. The van der Waals surface area contributed by atoms with Gasteiger partial charge in [0.15, 0.2) is 0 Å². The van der Waals surface area contributed by atoms with Crippen LogP contribution in [0.3, 0.4) is 0 Å². The van der Waals surface area contributed by atoms with Crippen molar-refractivity contribution >= 4 is 17.5 Å². The van der Waals surface area contributed by atoms with Gasteiger partial charge in [-0.3, -0.25) is 19.7 Å². The number of carbonyl (C=O) groups is 2. The monoisotopic (exact) mass is 393 g/mol. The van der Waals surface area contributed by atoms with E-state index in [1.807, 2.05) is 18.2 Å². The lowest BCUT2D eigenvalue weighted by molar-refractivity contribution is -0.121. The molecule has 29 heavy (non-hydrogen) atoms. The Balaban J connectivity index is 1.33. The minimum Gasteiger partial charge on any atom is -0.337 e. The van der Waals surface area contributed by atoms with Crippen LogP contribution in [0.15, 0.2) is 54.7 Å². The van der Waals surface area contributed by atoms with Crippen LogP contribution in [0, 0.1) is 11.7 Å². The van der Waals surface area contributed by atoms with Gasteiger partial charge in [0, 0.05) is 30.9 Å². The highest BCUT2D eigenvalue weighted by atomic mass is 19.1. The summed E-state index contributed by atoms with van der Waals surface area (Å²) in [7, 11) is 0. The van der Waals surface area contributed by atoms with Crippen LogP contribution in [0.5, 0.6) is 0 Å². The summed E-state index contributed by atoms with van der Waals surface area (Å²) in [5, 5.41) is 9.76. The van der Waals surface area contributed by atoms with Crippen LogP contribution in [0.4, 0.5) is 10.1 Å². The molecule has 1 saturated heterocycles. The first kappa shape index (κ1) is 18.8. The average Bonchev–Trinajstić information content (AvgIpc) is 3.26. The number of aromatic nitrogens is 3. The standard InChI is InChI=1S/C21H20FN5O2/c22-15-4-6-16(7-5-15)24-20(28)14-8-11-27(12-9-14)21(29)19-13-18(25-26-19)17-3-1-2-10-23-17/h1-7,10,13-14H,8-9,11-12H2,(H,24,28)(H,25,26). The topological polar surface area (TPSA) is 91.0 Å². The van der Waals surface area contributed by atoms with E-state index >= 15 is 0 Å². The second-order valence-corrected chi connectivity index (χ2v) is 6.94. The lowest BCUT2D eigenvalue weighted by atomic mass is 9.95. The number of halogens is 1. The number of nitrogens with one attached hydrogen (secondary N) is 2. The molecule has 0 aliphatic carbocycles. The fraction of sp³-hybridized carbons (Fsp3) is 0.238. The molecule has 1 aliphatic heterocycles. The van der Waals surface area contributed by atoms with E-state index in [1.165, 1.54) is 24.3 Å². The average molecular weight is 393 g/mol. The molecule has 8 heteroatoms. The summed E-state index contributed by atoms with van der Waals surface area (Å²) in [6.45, 7) is 0.969. The third kappa shape index (κ3) is 4.31. The maximum absolute atomic E-state index is 13.0. The minimum atomic E-state index is -0.347. The Morgan fingerprint density at radius 1 is 1.07 bits per heavy atom. The number of carbonyl (C=O) groups excluding carboxylic acids is 2. The van der Waals surface area contributed by atoms with Crippen LogP contribution in [0.25, 0.3) is 11.4 Å². The number of likely N-dealkylation sites (tertiary alicyclic amines) is 1. The van der Waals surface area contributed by atoms with Gasteiger partial charge in [-0.1, -0.05) is 6.07 Å². The number of piperidine rings is 1. The normalized spacial score (nSPS) is 14.6. The molecule has 2 N–H and O–H groups in total. The molecule has 3 aromatic rings. The van der Waals surface area contributed by atoms with E-state index in [1.54, 1.807) is 17.2 Å². The molecule has 0 atom stereocenters. The third-order valence-electron chi connectivity index (χ3n) is 5.00. The Morgan fingerprint density at radius 3 is 2.52 bits per heavy atom. The SMILES string of the molecule is O=C(Nc1ccc(F)cc1)C1CCN(C(=O)c2cc(-c3ccccn3)n[nH]2)CC1. The summed E-state index contributed by atoms with van der Waals surface area (Å²) in [6, 6.07) is 12.9. The van der Waals surface area contributed by atoms with Crippen molar-refractivity contribution in [2.45, 2.75) is 12.8 Å². The van der Waals surface area contributed by atoms with E-state index in [-0.39, 0.29) is 23.5 Å². The summed E-state index contributed by atoms with van der Waals surface area (Å²) < 4.78 is 13.0. The lowest BCUT2D eigenvalue weighted by Crippen LogP contribution is -2.41. The number of pyridine rings is 1. The second-order valence-electron chi connectivity index (χ2n) is 6.94. The Bertz CT molecular complexity index is 995. The number of amides is 2. The molecule has 3 heterocycles. The van der Waals surface area contributed by atoms with Gasteiger partial charge in [-0.05, 0) is 55.3 Å². The predicted octanol–water partition coefficient (Wildman–Crippen LogP) is 3.10. The van der Waals surface area contributed by atoms with Crippen molar-refractivity contribution in [2.24, 2.45) is 5.92 Å². The van der Waals surface area contributed by atoms with Crippen molar-refractivity contribution in [3.05, 3.63) is 66.2 Å². The number of rotatable bonds is 4. The molecule has 2 aromatic heterocycles. The van der Waals surface area contributed by atoms with Gasteiger partial charge in [-0.2, -0.15) is 5.10 Å². The Kier molecular flexibility index (Phi) is 5.33. The van der Waals surface area contributed by atoms with E-state index in [0.29, 0.717) is 48.7 Å². The number of hydrogen-bond acceptors (Lipinski definition) is 4. The van der Waals surface area contributed by atoms with Gasteiger partial charge >= 0.3 is 0 Å². The van der Waals surface area contributed by atoms with E-state index in [4.69, 9.17) is 0 Å². The van der Waals surface area contributed by atoms with E-state index in [9.17, 15) is 14.0 Å². The van der Waals surface area contributed by atoms with Gasteiger partial charge in [-0.15, -0.1) is 0 Å². The number of hydrogen-bond donors (Lipinski definition) is 2. The zero-order valence-corrected chi connectivity index (χ0v) is 15.6. The lowest BCUT2D eigenvalue weighted by Gasteiger charge is -2.31. The molecular formula is C21H20FN5O2. The van der Waals surface area contributed by atoms with Crippen LogP contribution < -0.4 is 5.32 Å². The fourth-order valence-corrected chi connectivity index (χ4v) is 3.37. The molecule has 4 rings (SSSR count). The second kappa shape index (κ2) is 8.22. The highest BCUT2D eigenvalue weighted by Gasteiger charge is 2.28. The molecule has 148 valence electrons. The van der Waals surface area contributed by atoms with Crippen molar-refractivity contribution in [1.82, 2.24) is 20.1 Å². The zero-order chi connectivity index (χ0) is 20.2. The smallest absolute Gasteiger partial charge is 0.271 e. The van der Waals surface area contributed by atoms with Crippen molar-refractivity contribution in [3.63, 3.8) is 0 Å². The molecule has 2 amide bonds. The molecule has 1 aromatic carbocycles. The number of anilines is 1. The molecule has 1 aliphatic rings. The van der Waals surface area contributed by atoms with Crippen LogP contribution in [-0.4, -0.2) is 45.0 Å². The number of aromatic amines is 1. The number of benzene rings is 1. The fourth-order valence-electron chi connectivity index (χ4n) is 3.37. The first-order chi connectivity index (χ1) is 14.1. The molecule has 0 saturated carbocycles. The molecule has 0 spiro atoms. The molecule has 0 radical (unpaired) electrons. The minimum absolute atomic E-state index is 0.109. The highest BCUT2D eigenvalue weighted by Crippen LogP contribution is 2.22. The van der Waals surface area contributed by atoms with Gasteiger partial charge in [0.05, 0.1) is 5.69 Å². The van der Waals surface area contributed by atoms with E-state index in [0.717, 1.165) is 0 Å². The van der Waals surface area contributed by atoms with Crippen molar-refractivity contribution in [2.75, 3.05) is 18.4 Å². The summed E-state index contributed by atoms with van der Waals surface area (Å²) in [5.41, 5.74) is 2.27. The van der Waals surface area contributed by atoms with Crippen LogP contribution >= 0.6 is 0 Å². The number of nitrogens with zero attached hydrogens (tertiary/aromatic N) is 3. The number of H-pyrrole nitrogens is 1. The molecule has 0 unspecified atom stereocenters. The zero-order valence-electron chi connectivity index (χ0n) is 15.6. The first-order valence-electron chi connectivity index (χ1n) is 9.42. The molecule has 7 nitrogen and oxygen atoms in total. The van der Waals surface area contributed by atoms with Gasteiger partial charge in [0.2, 0.25) is 5.91 Å². The van der Waals surface area contributed by atoms with E-state index < -0.39 is 0 Å². The Hall–Kier alpha value is -3.55. The maximum Gasteiger partial charge on any atom is 0.271 e. The molecule has 1 fully saturated rings. The van der Waals surface area contributed by atoms with Gasteiger partial charge in [0.1, 0.15) is 17.2 Å². The van der Waals surface area contributed by atoms with Crippen molar-refractivity contribution in [1.29, 1.82) is 0 Å². The van der Waals surface area contributed by atoms with E-state index in [2.05, 4.69) is 20.5 Å². The maximum atomic E-state index is 13.0. The molecule has 0 bridgehead atoms. The van der Waals surface area contributed by atoms with Crippen LogP contribution in [-0.2, 0) is 4.79 Å². The summed E-state index contributed by atoms with van der Waals surface area (Å²) >= 11 is 0. The highest BCUT2D eigenvalue weighted by molar-refractivity contribution is 5.94. The third-order valence-corrected chi connectivity index (χ3v) is 5.00. The Morgan fingerprint density at radius 2 is 1.83 bits per heavy atom. The van der Waals surface area contributed by atoms with Crippen LogP contribution in [0.1, 0.15) is 23.3 Å². The van der Waals surface area contributed by atoms with Gasteiger partial charge in [-0.25, -0.2) is 4.39 Å². The first-order valence-corrected chi connectivity index (χ1v) is 9.42. The summed E-state index contributed by atoms with van der Waals surface area (Å²) in [5.74, 6) is -0.783. The summed E-state index contributed by atoms with van der Waals surface area (Å²) in [6.07, 6.45) is 2.81. The van der Waals surface area contributed by atoms with Crippen molar-refractivity contribution in [3.8, 4) is 11.4 Å². The van der Waals surface area contributed by atoms with Crippen LogP contribution in [0.2, 0.25) is 0 Å². The van der Waals surface area contributed by atoms with Gasteiger partial charge < -0.3 is 10.2 Å². The predicted molar refractivity (Wildman–Crippen MR) is 105 cm³/mol. The largest absolute Gasteiger partial charge is 0.337 e. The molecular weight excluding hydrogens is 373 g/mol. The van der Waals surface area contributed by atoms with Gasteiger partial charge in [0.25, 0.3) is 5.91 Å².